The van der Waals surface area contributed by atoms with Crippen molar-refractivity contribution >= 4 is 34.7 Å². The number of nitrogens with zero attached hydrogens (tertiary/aromatic N) is 1. The van der Waals surface area contributed by atoms with Gasteiger partial charge in [0.25, 0.3) is 5.91 Å². The van der Waals surface area contributed by atoms with Crippen LogP contribution < -0.4 is 21.7 Å². The van der Waals surface area contributed by atoms with Crippen molar-refractivity contribution in [3.05, 3.63) is 81.1 Å². The molecule has 0 aromatic carbocycles. The molecule has 144 valence electrons. The third-order valence-electron chi connectivity index (χ3n) is 4.59. The number of fused-ring (bicyclic) bond motifs is 1. The van der Waals surface area contributed by atoms with Crippen LogP contribution in [0.2, 0.25) is 0 Å². The van der Waals surface area contributed by atoms with Crippen molar-refractivity contribution in [3.8, 4) is 0 Å². The number of carbonyl (C=O) groups is 1. The lowest BCUT2D eigenvalue weighted by Gasteiger charge is -2.30. The molecular weight excluding hydrogens is 392 g/mol. The highest BCUT2D eigenvalue weighted by atomic mass is 32.2. The van der Waals surface area contributed by atoms with E-state index in [-0.39, 0.29) is 17.4 Å². The summed E-state index contributed by atoms with van der Waals surface area (Å²) in [5.41, 5.74) is 8.78. The van der Waals surface area contributed by atoms with Crippen LogP contribution >= 0.6 is 23.1 Å². The van der Waals surface area contributed by atoms with E-state index >= 15 is 0 Å². The van der Waals surface area contributed by atoms with E-state index in [9.17, 15) is 4.79 Å². The number of carbonyl (C=O) groups excluding carboxylic acids is 1. The van der Waals surface area contributed by atoms with Gasteiger partial charge in [-0.05, 0) is 23.6 Å². The van der Waals surface area contributed by atoms with Crippen LogP contribution in [0, 0.1) is 5.41 Å². The standard InChI is InChI=1S/C19H20N6OS2/c1-22-18(26)15-4-3-14(28-15)17(21)12(8-20)11-2-5-16-24-9-13(25(16)10-11)19-23-6-7-27-19/h2-10,16,19,21,23-24H,20H2,1H3,(H,22,26)/b12-8-,21-17?. The lowest BCUT2D eigenvalue weighted by atomic mass is 9.99. The van der Waals surface area contributed by atoms with Gasteiger partial charge >= 0.3 is 0 Å². The Labute approximate surface area is 171 Å². The Kier molecular flexibility index (Phi) is 5.01. The minimum atomic E-state index is -0.157. The van der Waals surface area contributed by atoms with Crippen molar-refractivity contribution in [2.24, 2.45) is 5.73 Å². The summed E-state index contributed by atoms with van der Waals surface area (Å²) in [5.74, 6) is -0.157. The van der Waals surface area contributed by atoms with Crippen LogP contribution in [-0.4, -0.2) is 35.1 Å². The summed E-state index contributed by atoms with van der Waals surface area (Å²) in [4.78, 5) is 15.2. The smallest absolute Gasteiger partial charge is 0.261 e. The highest BCUT2D eigenvalue weighted by Gasteiger charge is 2.31. The van der Waals surface area contributed by atoms with Gasteiger partial charge in [-0.25, -0.2) is 0 Å². The minimum Gasteiger partial charge on any atom is -0.404 e. The Hall–Kier alpha value is -2.91. The van der Waals surface area contributed by atoms with E-state index in [4.69, 9.17) is 11.1 Å². The van der Waals surface area contributed by atoms with Gasteiger partial charge in [-0.3, -0.25) is 10.2 Å². The van der Waals surface area contributed by atoms with Gasteiger partial charge in [-0.15, -0.1) is 23.1 Å². The number of thioether (sulfide) groups is 1. The second-order valence-electron chi connectivity index (χ2n) is 6.22. The van der Waals surface area contributed by atoms with Crippen molar-refractivity contribution in [2.75, 3.05) is 7.05 Å². The lowest BCUT2D eigenvalue weighted by Crippen LogP contribution is -2.37. The second kappa shape index (κ2) is 7.61. The summed E-state index contributed by atoms with van der Waals surface area (Å²) in [7, 11) is 1.59. The Balaban J connectivity index is 1.58. The van der Waals surface area contributed by atoms with Crippen molar-refractivity contribution in [1.29, 1.82) is 5.41 Å². The van der Waals surface area contributed by atoms with Gasteiger partial charge in [0.15, 0.2) is 0 Å². The van der Waals surface area contributed by atoms with Gasteiger partial charge in [0.2, 0.25) is 0 Å². The largest absolute Gasteiger partial charge is 0.404 e. The van der Waals surface area contributed by atoms with Crippen molar-refractivity contribution in [2.45, 2.75) is 11.5 Å². The molecule has 1 amide bonds. The van der Waals surface area contributed by atoms with Gasteiger partial charge in [0.05, 0.1) is 21.2 Å². The molecule has 28 heavy (non-hydrogen) atoms. The van der Waals surface area contributed by atoms with Gasteiger partial charge in [-0.1, -0.05) is 6.08 Å². The summed E-state index contributed by atoms with van der Waals surface area (Å²) in [6.45, 7) is 0. The SMILES string of the molecule is CNC(=O)c1ccc(C(=N)/C(=C\N)C2=CN3C(C4NC=CS4)=CNC3C=C2)s1. The molecule has 0 saturated carbocycles. The molecule has 1 aromatic heterocycles. The topological polar surface area (TPSA) is 106 Å². The number of allylic oxidation sites excluding steroid dienone is 3. The second-order valence-corrected chi connectivity index (χ2v) is 8.31. The van der Waals surface area contributed by atoms with Crippen molar-refractivity contribution in [3.63, 3.8) is 0 Å². The third kappa shape index (κ3) is 3.23. The summed E-state index contributed by atoms with van der Waals surface area (Å²) >= 11 is 2.99. The average molecular weight is 413 g/mol. The molecule has 0 fully saturated rings. The van der Waals surface area contributed by atoms with Gasteiger partial charge in [0, 0.05) is 43.0 Å². The van der Waals surface area contributed by atoms with Crippen LogP contribution in [0.25, 0.3) is 0 Å². The zero-order valence-corrected chi connectivity index (χ0v) is 16.7. The zero-order valence-electron chi connectivity index (χ0n) is 15.1. The summed E-state index contributed by atoms with van der Waals surface area (Å²) in [6.07, 6.45) is 11.5. The summed E-state index contributed by atoms with van der Waals surface area (Å²) in [5, 5.41) is 20.1. The first-order valence-electron chi connectivity index (χ1n) is 8.67. The molecule has 2 atom stereocenters. The molecule has 1 aromatic rings. The quantitative estimate of drug-likeness (QED) is 0.474. The Morgan fingerprint density at radius 1 is 1.36 bits per heavy atom. The van der Waals surface area contributed by atoms with Crippen LogP contribution in [0.5, 0.6) is 0 Å². The van der Waals surface area contributed by atoms with Crippen LogP contribution in [0.1, 0.15) is 14.5 Å². The molecule has 4 rings (SSSR count). The Morgan fingerprint density at radius 2 is 2.18 bits per heavy atom. The Morgan fingerprint density at radius 3 is 2.89 bits per heavy atom. The maximum absolute atomic E-state index is 11.8. The molecule has 2 unspecified atom stereocenters. The molecule has 0 radical (unpaired) electrons. The average Bonchev–Trinajstić information content (AvgIpc) is 3.47. The number of hydrogen-bond donors (Lipinski definition) is 5. The van der Waals surface area contributed by atoms with E-state index in [0.717, 1.165) is 11.3 Å². The number of nitrogens with one attached hydrogen (secondary N) is 4. The van der Waals surface area contributed by atoms with Crippen molar-refractivity contribution < 1.29 is 4.79 Å². The first-order valence-corrected chi connectivity index (χ1v) is 10.4. The highest BCUT2D eigenvalue weighted by molar-refractivity contribution is 8.03. The van der Waals surface area contributed by atoms with E-state index in [0.29, 0.717) is 21.0 Å². The number of rotatable bonds is 5. The molecule has 0 spiro atoms. The highest BCUT2D eigenvalue weighted by Crippen LogP contribution is 2.33. The molecule has 3 aliphatic heterocycles. The Bertz CT molecular complexity index is 963. The van der Waals surface area contributed by atoms with Crippen LogP contribution in [0.4, 0.5) is 0 Å². The maximum Gasteiger partial charge on any atom is 0.261 e. The first-order chi connectivity index (χ1) is 13.6. The van der Waals surface area contributed by atoms with Crippen molar-refractivity contribution in [1.82, 2.24) is 20.9 Å². The fourth-order valence-electron chi connectivity index (χ4n) is 3.16. The lowest BCUT2D eigenvalue weighted by molar-refractivity contribution is 0.0967. The number of hydrogen-bond acceptors (Lipinski definition) is 8. The van der Waals surface area contributed by atoms with Crippen LogP contribution in [-0.2, 0) is 0 Å². The normalized spacial score (nSPS) is 22.9. The van der Waals surface area contributed by atoms with Gasteiger partial charge in [-0.2, -0.15) is 0 Å². The van der Waals surface area contributed by atoms with Crippen LogP contribution in [0.15, 0.2) is 71.3 Å². The molecule has 4 heterocycles. The number of amides is 1. The molecule has 7 nitrogen and oxygen atoms in total. The molecule has 0 aliphatic carbocycles. The minimum absolute atomic E-state index is 0.0524. The van der Waals surface area contributed by atoms with Gasteiger partial charge < -0.3 is 26.6 Å². The molecule has 0 bridgehead atoms. The predicted molar refractivity (Wildman–Crippen MR) is 115 cm³/mol. The summed E-state index contributed by atoms with van der Waals surface area (Å²) < 4.78 is 0. The number of nitrogens with two attached hydrogens (primary N) is 1. The van der Waals surface area contributed by atoms with E-state index in [1.807, 2.05) is 36.2 Å². The monoisotopic (exact) mass is 412 g/mol. The summed E-state index contributed by atoms with van der Waals surface area (Å²) in [6, 6.07) is 3.51. The third-order valence-corrected chi connectivity index (χ3v) is 6.63. The van der Waals surface area contributed by atoms with Gasteiger partial charge in [0.1, 0.15) is 11.5 Å². The first kappa shape index (κ1) is 18.5. The molecular formula is C19H20N6OS2. The fraction of sp³-hybridized carbons (Fsp3) is 0.158. The fourth-order valence-corrected chi connectivity index (χ4v) is 4.88. The van der Waals surface area contributed by atoms with E-state index in [2.05, 4.69) is 20.9 Å². The molecule has 0 saturated heterocycles. The van der Waals surface area contributed by atoms with E-state index in [1.165, 1.54) is 17.5 Å². The van der Waals surface area contributed by atoms with E-state index < -0.39 is 0 Å². The predicted octanol–water partition coefficient (Wildman–Crippen LogP) is 1.98. The number of thiophene rings is 1. The molecule has 6 N–H and O–H groups in total. The molecule has 9 heteroatoms. The van der Waals surface area contributed by atoms with E-state index in [1.54, 1.807) is 30.9 Å². The molecule has 3 aliphatic rings. The van der Waals surface area contributed by atoms with Crippen LogP contribution in [0.3, 0.4) is 0 Å². The maximum atomic E-state index is 11.8. The zero-order chi connectivity index (χ0) is 19.7.